The van der Waals surface area contributed by atoms with Crippen LogP contribution in [0.1, 0.15) is 57.6 Å². The van der Waals surface area contributed by atoms with Gasteiger partial charge in [0.15, 0.2) is 0 Å². The predicted octanol–water partition coefficient (Wildman–Crippen LogP) is 4.15. The molecular weight excluding hydrogens is 241 g/mol. The van der Waals surface area contributed by atoms with Crippen molar-refractivity contribution in [2.24, 2.45) is 5.92 Å². The van der Waals surface area contributed by atoms with Crippen molar-refractivity contribution in [3.05, 3.63) is 29.6 Å². The van der Waals surface area contributed by atoms with Gasteiger partial charge < -0.3 is 10.4 Å². The van der Waals surface area contributed by atoms with E-state index in [1.807, 2.05) is 6.92 Å². The number of hydrogen-bond acceptors (Lipinski definition) is 2. The van der Waals surface area contributed by atoms with Gasteiger partial charge in [0.25, 0.3) is 0 Å². The first kappa shape index (κ1) is 14.3. The van der Waals surface area contributed by atoms with Crippen molar-refractivity contribution in [3.63, 3.8) is 0 Å². The van der Waals surface area contributed by atoms with E-state index in [9.17, 15) is 9.50 Å². The van der Waals surface area contributed by atoms with Crippen molar-refractivity contribution in [3.8, 4) is 5.75 Å². The first-order valence-electron chi connectivity index (χ1n) is 7.34. The zero-order valence-corrected chi connectivity index (χ0v) is 11.8. The Morgan fingerprint density at radius 1 is 1.42 bits per heavy atom. The number of aromatic hydroxyl groups is 1. The average molecular weight is 265 g/mol. The van der Waals surface area contributed by atoms with Crippen LogP contribution in [-0.2, 0) is 0 Å². The third-order valence-electron chi connectivity index (χ3n) is 4.30. The molecule has 0 radical (unpaired) electrons. The molecule has 2 rings (SSSR count). The fraction of sp³-hybridized carbons (Fsp3) is 0.625. The van der Waals surface area contributed by atoms with Gasteiger partial charge in [0.2, 0.25) is 0 Å². The lowest BCUT2D eigenvalue weighted by Crippen LogP contribution is -2.36. The molecule has 106 valence electrons. The zero-order valence-electron chi connectivity index (χ0n) is 11.8. The summed E-state index contributed by atoms with van der Waals surface area (Å²) in [5.41, 5.74) is 0.636. The summed E-state index contributed by atoms with van der Waals surface area (Å²) in [7, 11) is 0. The molecule has 0 spiro atoms. The van der Waals surface area contributed by atoms with Crippen molar-refractivity contribution < 1.29 is 9.50 Å². The normalized spacial score (nSPS) is 25.2. The van der Waals surface area contributed by atoms with Crippen LogP contribution in [0.15, 0.2) is 18.2 Å². The summed E-state index contributed by atoms with van der Waals surface area (Å²) in [6.07, 6.45) is 6.21. The lowest BCUT2D eigenvalue weighted by Gasteiger charge is -2.31. The molecule has 0 amide bonds. The molecule has 1 aromatic carbocycles. The lowest BCUT2D eigenvalue weighted by atomic mass is 9.84. The van der Waals surface area contributed by atoms with Crippen molar-refractivity contribution >= 4 is 0 Å². The van der Waals surface area contributed by atoms with Gasteiger partial charge in [0.05, 0.1) is 0 Å². The summed E-state index contributed by atoms with van der Waals surface area (Å²) in [6.45, 7) is 4.24. The number of phenolic OH excluding ortho intramolecular Hbond substituents is 1. The van der Waals surface area contributed by atoms with Crippen molar-refractivity contribution in [2.75, 3.05) is 0 Å². The van der Waals surface area contributed by atoms with Crippen LogP contribution >= 0.6 is 0 Å². The average Bonchev–Trinajstić information content (AvgIpc) is 2.38. The summed E-state index contributed by atoms with van der Waals surface area (Å²) in [6, 6.07) is 4.88. The van der Waals surface area contributed by atoms with Gasteiger partial charge in [-0.1, -0.05) is 32.3 Å². The van der Waals surface area contributed by atoms with E-state index < -0.39 is 0 Å². The largest absolute Gasteiger partial charge is 0.508 e. The SMILES string of the molecule is CCC1CCCC(NC(C)c2ccc(O)cc2F)C1. The highest BCUT2D eigenvalue weighted by molar-refractivity contribution is 5.29. The molecular formula is C16H24FNO. The smallest absolute Gasteiger partial charge is 0.131 e. The number of halogens is 1. The van der Waals surface area contributed by atoms with Crippen LogP contribution in [0, 0.1) is 11.7 Å². The maximum absolute atomic E-state index is 13.8. The second-order valence-electron chi connectivity index (χ2n) is 5.73. The molecule has 19 heavy (non-hydrogen) atoms. The second kappa shape index (κ2) is 6.38. The maximum Gasteiger partial charge on any atom is 0.131 e. The Morgan fingerprint density at radius 2 is 2.21 bits per heavy atom. The van der Waals surface area contributed by atoms with Gasteiger partial charge in [0.1, 0.15) is 11.6 Å². The molecule has 0 aromatic heterocycles. The Bertz CT molecular complexity index is 421. The van der Waals surface area contributed by atoms with Crippen molar-refractivity contribution in [2.45, 2.75) is 58.0 Å². The Balaban J connectivity index is 1.98. The van der Waals surface area contributed by atoms with E-state index in [0.717, 1.165) is 5.92 Å². The minimum Gasteiger partial charge on any atom is -0.508 e. The summed E-state index contributed by atoms with van der Waals surface area (Å²) in [4.78, 5) is 0. The Labute approximate surface area is 115 Å². The molecule has 3 heteroatoms. The summed E-state index contributed by atoms with van der Waals surface area (Å²) in [5, 5.41) is 12.8. The van der Waals surface area contributed by atoms with E-state index in [0.29, 0.717) is 11.6 Å². The lowest BCUT2D eigenvalue weighted by molar-refractivity contribution is 0.264. The highest BCUT2D eigenvalue weighted by Crippen LogP contribution is 2.29. The highest BCUT2D eigenvalue weighted by Gasteiger charge is 2.23. The van der Waals surface area contributed by atoms with E-state index in [1.165, 1.54) is 38.2 Å². The summed E-state index contributed by atoms with van der Waals surface area (Å²) in [5.74, 6) is 0.461. The monoisotopic (exact) mass is 265 g/mol. The van der Waals surface area contributed by atoms with Gasteiger partial charge in [-0.3, -0.25) is 0 Å². The molecule has 2 nitrogen and oxygen atoms in total. The summed E-state index contributed by atoms with van der Waals surface area (Å²) >= 11 is 0. The van der Waals surface area contributed by atoms with Gasteiger partial charge in [0, 0.05) is 23.7 Å². The molecule has 1 aliphatic carbocycles. The third-order valence-corrected chi connectivity index (χ3v) is 4.30. The Morgan fingerprint density at radius 3 is 2.89 bits per heavy atom. The molecule has 0 heterocycles. The molecule has 0 bridgehead atoms. The predicted molar refractivity (Wildman–Crippen MR) is 75.7 cm³/mol. The molecule has 1 aliphatic rings. The van der Waals surface area contributed by atoms with Crippen LogP contribution < -0.4 is 5.32 Å². The number of rotatable bonds is 4. The van der Waals surface area contributed by atoms with Crippen LogP contribution in [0.4, 0.5) is 4.39 Å². The fourth-order valence-electron chi connectivity index (χ4n) is 3.12. The van der Waals surface area contributed by atoms with Gasteiger partial charge >= 0.3 is 0 Å². The first-order chi connectivity index (χ1) is 9.10. The van der Waals surface area contributed by atoms with Gasteiger partial charge in [-0.2, -0.15) is 0 Å². The Hall–Kier alpha value is -1.09. The molecule has 2 N–H and O–H groups in total. The molecule has 1 fully saturated rings. The fourth-order valence-corrected chi connectivity index (χ4v) is 3.12. The molecule has 3 atom stereocenters. The minimum atomic E-state index is -0.331. The third kappa shape index (κ3) is 3.69. The van der Waals surface area contributed by atoms with E-state index in [-0.39, 0.29) is 17.6 Å². The number of hydrogen-bond donors (Lipinski definition) is 2. The first-order valence-corrected chi connectivity index (χ1v) is 7.34. The topological polar surface area (TPSA) is 32.3 Å². The van der Waals surface area contributed by atoms with E-state index in [4.69, 9.17) is 0 Å². The molecule has 0 saturated heterocycles. The molecule has 0 aliphatic heterocycles. The van der Waals surface area contributed by atoms with Crippen LogP contribution in [0.3, 0.4) is 0 Å². The zero-order chi connectivity index (χ0) is 13.8. The minimum absolute atomic E-state index is 0.0128. The number of nitrogens with one attached hydrogen (secondary N) is 1. The van der Waals surface area contributed by atoms with Gasteiger partial charge in [-0.15, -0.1) is 0 Å². The second-order valence-corrected chi connectivity index (χ2v) is 5.73. The quantitative estimate of drug-likeness (QED) is 0.857. The standard InChI is InChI=1S/C16H24FNO/c1-3-12-5-4-6-13(9-12)18-11(2)15-8-7-14(19)10-16(15)17/h7-8,10-13,18-19H,3-6,9H2,1-2H3. The van der Waals surface area contributed by atoms with Gasteiger partial charge in [-0.25, -0.2) is 4.39 Å². The molecule has 1 saturated carbocycles. The molecule has 1 aromatic rings. The van der Waals surface area contributed by atoms with Crippen LogP contribution in [0.25, 0.3) is 0 Å². The Kier molecular flexibility index (Phi) is 4.81. The highest BCUT2D eigenvalue weighted by atomic mass is 19.1. The van der Waals surface area contributed by atoms with E-state index in [2.05, 4.69) is 12.2 Å². The van der Waals surface area contributed by atoms with Gasteiger partial charge in [-0.05, 0) is 31.7 Å². The van der Waals surface area contributed by atoms with Crippen LogP contribution in [0.2, 0.25) is 0 Å². The van der Waals surface area contributed by atoms with Crippen molar-refractivity contribution in [1.82, 2.24) is 5.32 Å². The van der Waals surface area contributed by atoms with E-state index >= 15 is 0 Å². The van der Waals surface area contributed by atoms with Crippen LogP contribution in [0.5, 0.6) is 5.75 Å². The molecule has 3 unspecified atom stereocenters. The maximum atomic E-state index is 13.8. The number of benzene rings is 1. The summed E-state index contributed by atoms with van der Waals surface area (Å²) < 4.78 is 13.8. The van der Waals surface area contributed by atoms with E-state index in [1.54, 1.807) is 12.1 Å². The number of phenols is 1. The van der Waals surface area contributed by atoms with Crippen molar-refractivity contribution in [1.29, 1.82) is 0 Å². The van der Waals surface area contributed by atoms with Crippen LogP contribution in [-0.4, -0.2) is 11.1 Å².